The van der Waals surface area contributed by atoms with Gasteiger partial charge in [0.25, 0.3) is 5.91 Å². The summed E-state index contributed by atoms with van der Waals surface area (Å²) in [5, 5.41) is 3.17. The third-order valence-electron chi connectivity index (χ3n) is 5.31. The van der Waals surface area contributed by atoms with Crippen molar-refractivity contribution in [3.05, 3.63) is 23.8 Å². The second-order valence-electron chi connectivity index (χ2n) is 8.16. The minimum absolute atomic E-state index is 0.0475. The molecule has 2 fully saturated rings. The smallest absolute Gasteiger partial charge is 0.251 e. The Morgan fingerprint density at radius 2 is 2.00 bits per heavy atom. The van der Waals surface area contributed by atoms with Crippen molar-refractivity contribution in [2.75, 3.05) is 26.8 Å². The molecule has 3 atom stereocenters. The first kappa shape index (κ1) is 20.0. The molecule has 0 bridgehead atoms. The summed E-state index contributed by atoms with van der Waals surface area (Å²) in [5.41, 5.74) is 0.587. The van der Waals surface area contributed by atoms with E-state index in [1.165, 1.54) is 0 Å². The van der Waals surface area contributed by atoms with Gasteiger partial charge in [-0.25, -0.2) is 0 Å². The highest BCUT2D eigenvalue weighted by Gasteiger charge is 2.38. The van der Waals surface area contributed by atoms with Crippen molar-refractivity contribution >= 4 is 5.91 Å². The Bertz CT molecular complexity index is 662. The average molecular weight is 376 g/mol. The highest BCUT2D eigenvalue weighted by molar-refractivity contribution is 5.95. The van der Waals surface area contributed by atoms with Gasteiger partial charge < -0.3 is 19.5 Å². The van der Waals surface area contributed by atoms with E-state index in [1.807, 2.05) is 13.8 Å². The molecule has 1 aromatic carbocycles. The summed E-state index contributed by atoms with van der Waals surface area (Å²) in [5.74, 6) is 1.67. The molecule has 2 saturated heterocycles. The lowest BCUT2D eigenvalue weighted by atomic mass is 10.0. The number of fused-ring (bicyclic) bond motifs is 1. The van der Waals surface area contributed by atoms with E-state index in [4.69, 9.17) is 14.2 Å². The third-order valence-corrected chi connectivity index (χ3v) is 5.31. The lowest BCUT2D eigenvalue weighted by molar-refractivity contribution is -0.0683. The number of carbonyl (C=O) groups is 1. The maximum atomic E-state index is 12.7. The molecular weight excluding hydrogens is 344 g/mol. The molecule has 27 heavy (non-hydrogen) atoms. The van der Waals surface area contributed by atoms with Gasteiger partial charge in [-0.15, -0.1) is 0 Å². The molecule has 6 nitrogen and oxygen atoms in total. The first-order valence-corrected chi connectivity index (χ1v) is 9.88. The third kappa shape index (κ3) is 4.74. The van der Waals surface area contributed by atoms with Crippen LogP contribution in [0, 0.1) is 5.92 Å². The molecule has 1 amide bonds. The first-order chi connectivity index (χ1) is 12.9. The fraction of sp³-hybridized carbons (Fsp3) is 0.667. The van der Waals surface area contributed by atoms with Crippen molar-refractivity contribution in [1.29, 1.82) is 0 Å². The molecule has 1 N–H and O–H groups in total. The highest BCUT2D eigenvalue weighted by atomic mass is 16.5. The second-order valence-corrected chi connectivity index (χ2v) is 8.16. The van der Waals surface area contributed by atoms with E-state index >= 15 is 0 Å². The van der Waals surface area contributed by atoms with Gasteiger partial charge in [0.15, 0.2) is 11.5 Å². The number of nitrogens with zero attached hydrogens (tertiary/aromatic N) is 1. The van der Waals surface area contributed by atoms with Crippen molar-refractivity contribution in [2.24, 2.45) is 5.92 Å². The lowest BCUT2D eigenvalue weighted by Crippen LogP contribution is -2.48. The predicted molar refractivity (Wildman–Crippen MR) is 105 cm³/mol. The van der Waals surface area contributed by atoms with E-state index < -0.39 is 0 Å². The molecule has 0 unspecified atom stereocenters. The zero-order valence-corrected chi connectivity index (χ0v) is 17.0. The summed E-state index contributed by atoms with van der Waals surface area (Å²) < 4.78 is 17.1. The van der Waals surface area contributed by atoms with E-state index in [0.29, 0.717) is 29.0 Å². The summed E-state index contributed by atoms with van der Waals surface area (Å²) in [7, 11) is 1.59. The van der Waals surface area contributed by atoms with Gasteiger partial charge in [-0.05, 0) is 44.4 Å². The fourth-order valence-electron chi connectivity index (χ4n) is 3.84. The van der Waals surface area contributed by atoms with E-state index in [9.17, 15) is 4.79 Å². The summed E-state index contributed by atoms with van der Waals surface area (Å²) in [4.78, 5) is 15.2. The van der Waals surface area contributed by atoms with E-state index in [2.05, 4.69) is 24.1 Å². The maximum absolute atomic E-state index is 12.7. The first-order valence-electron chi connectivity index (χ1n) is 9.88. The van der Waals surface area contributed by atoms with Crippen LogP contribution in [0.15, 0.2) is 18.2 Å². The molecule has 3 rings (SSSR count). The van der Waals surface area contributed by atoms with E-state index in [1.54, 1.807) is 25.3 Å². The predicted octanol–water partition coefficient (Wildman–Crippen LogP) is 2.71. The molecule has 2 aliphatic rings. The Labute approximate surface area is 162 Å². The van der Waals surface area contributed by atoms with Gasteiger partial charge in [0.2, 0.25) is 0 Å². The van der Waals surface area contributed by atoms with Crippen LogP contribution < -0.4 is 14.8 Å². The molecule has 0 radical (unpaired) electrons. The number of hydrogen-bond acceptors (Lipinski definition) is 5. The van der Waals surface area contributed by atoms with Gasteiger partial charge in [0.05, 0.1) is 25.9 Å². The van der Waals surface area contributed by atoms with Gasteiger partial charge in [0, 0.05) is 30.7 Å². The molecule has 150 valence electrons. The van der Waals surface area contributed by atoms with Gasteiger partial charge in [-0.1, -0.05) is 13.8 Å². The number of amides is 1. The summed E-state index contributed by atoms with van der Waals surface area (Å²) in [6, 6.07) is 5.88. The SMILES string of the molecule is COc1cc(C(=O)N[C@H]2C[C@H]3CO[C@H](C(C)C)CN3C2)ccc1OC(C)C. The molecule has 1 aromatic rings. The Hall–Kier alpha value is -1.79. The minimum Gasteiger partial charge on any atom is -0.493 e. The molecule has 0 aromatic heterocycles. The molecule has 0 saturated carbocycles. The van der Waals surface area contributed by atoms with Crippen LogP contribution in [0.25, 0.3) is 0 Å². The monoisotopic (exact) mass is 376 g/mol. The molecule has 0 spiro atoms. The number of rotatable bonds is 6. The molecule has 0 aliphatic carbocycles. The van der Waals surface area contributed by atoms with Crippen LogP contribution in [-0.4, -0.2) is 61.9 Å². The summed E-state index contributed by atoms with van der Waals surface area (Å²) in [6.45, 7) is 10.9. The van der Waals surface area contributed by atoms with Gasteiger partial charge >= 0.3 is 0 Å². The van der Waals surface area contributed by atoms with Crippen LogP contribution in [0.2, 0.25) is 0 Å². The largest absolute Gasteiger partial charge is 0.493 e. The highest BCUT2D eigenvalue weighted by Crippen LogP contribution is 2.30. The van der Waals surface area contributed by atoms with Gasteiger partial charge in [-0.2, -0.15) is 0 Å². The van der Waals surface area contributed by atoms with Crippen LogP contribution in [-0.2, 0) is 4.74 Å². The number of carbonyl (C=O) groups excluding carboxylic acids is 1. The van der Waals surface area contributed by atoms with Crippen molar-refractivity contribution in [1.82, 2.24) is 10.2 Å². The Balaban J connectivity index is 1.61. The summed E-state index contributed by atoms with van der Waals surface area (Å²) >= 11 is 0. The fourth-order valence-corrected chi connectivity index (χ4v) is 3.84. The second kappa shape index (κ2) is 8.48. The van der Waals surface area contributed by atoms with Gasteiger partial charge in [0.1, 0.15) is 0 Å². The molecular formula is C21H32N2O4. The number of ether oxygens (including phenoxy) is 3. The topological polar surface area (TPSA) is 60.0 Å². The summed E-state index contributed by atoms with van der Waals surface area (Å²) in [6.07, 6.45) is 1.27. The Morgan fingerprint density at radius 3 is 2.67 bits per heavy atom. The number of nitrogens with one attached hydrogen (secondary N) is 1. The van der Waals surface area contributed by atoms with Crippen LogP contribution >= 0.6 is 0 Å². The lowest BCUT2D eigenvalue weighted by Gasteiger charge is -2.36. The number of methoxy groups -OCH3 is 1. The molecule has 6 heteroatoms. The van der Waals surface area contributed by atoms with Crippen LogP contribution in [0.3, 0.4) is 0 Å². The van der Waals surface area contributed by atoms with E-state index in [0.717, 1.165) is 26.1 Å². The Kier molecular flexibility index (Phi) is 6.27. The number of hydrogen-bond donors (Lipinski definition) is 1. The van der Waals surface area contributed by atoms with E-state index in [-0.39, 0.29) is 24.2 Å². The minimum atomic E-state index is -0.0735. The van der Waals surface area contributed by atoms with Crippen LogP contribution in [0.5, 0.6) is 11.5 Å². The molecule has 2 heterocycles. The quantitative estimate of drug-likeness (QED) is 0.827. The zero-order chi connectivity index (χ0) is 19.6. The zero-order valence-electron chi connectivity index (χ0n) is 17.0. The Morgan fingerprint density at radius 1 is 1.22 bits per heavy atom. The maximum Gasteiger partial charge on any atom is 0.251 e. The normalized spacial score (nSPS) is 25.5. The van der Waals surface area contributed by atoms with Crippen molar-refractivity contribution in [2.45, 2.75) is 58.4 Å². The molecule has 2 aliphatic heterocycles. The number of morpholine rings is 1. The van der Waals surface area contributed by atoms with Crippen LogP contribution in [0.4, 0.5) is 0 Å². The number of benzene rings is 1. The van der Waals surface area contributed by atoms with Crippen molar-refractivity contribution in [3.8, 4) is 11.5 Å². The van der Waals surface area contributed by atoms with Crippen molar-refractivity contribution in [3.63, 3.8) is 0 Å². The van der Waals surface area contributed by atoms with Gasteiger partial charge in [-0.3, -0.25) is 9.69 Å². The standard InChI is InChI=1S/C21H32N2O4/c1-13(2)20-11-23-10-16(9-17(23)12-26-20)22-21(24)15-6-7-18(27-14(3)4)19(8-15)25-5/h6-8,13-14,16-17,20H,9-12H2,1-5H3,(H,22,24)/t16-,17-,20-/m0/s1. The van der Waals surface area contributed by atoms with Crippen molar-refractivity contribution < 1.29 is 19.0 Å². The average Bonchev–Trinajstić information content (AvgIpc) is 3.02. The van der Waals surface area contributed by atoms with Crippen LogP contribution in [0.1, 0.15) is 44.5 Å².